The number of fused-ring (bicyclic) bond motifs is 1. The molecule has 0 spiro atoms. The number of carbonyl (C=O) groups excluding carboxylic acids is 2. The molecule has 2 heterocycles. The maximum atomic E-state index is 12.3. The largest absolute Gasteiger partial charge is 0.480 e. The summed E-state index contributed by atoms with van der Waals surface area (Å²) < 4.78 is 6.58. The van der Waals surface area contributed by atoms with Crippen molar-refractivity contribution in [1.29, 1.82) is 0 Å². The molecule has 3 rings (SSSR count). The summed E-state index contributed by atoms with van der Waals surface area (Å²) in [5.41, 5.74) is 3.09. The van der Waals surface area contributed by atoms with Gasteiger partial charge in [-0.3, -0.25) is 14.3 Å². The van der Waals surface area contributed by atoms with Gasteiger partial charge in [-0.2, -0.15) is 5.10 Å². The second-order valence-electron chi connectivity index (χ2n) is 7.72. The molecule has 1 aromatic carbocycles. The van der Waals surface area contributed by atoms with Gasteiger partial charge >= 0.3 is 12.1 Å². The van der Waals surface area contributed by atoms with Gasteiger partial charge in [0.1, 0.15) is 6.54 Å². The van der Waals surface area contributed by atoms with Gasteiger partial charge in [0.25, 0.3) is 0 Å². The molecule has 2 amide bonds. The van der Waals surface area contributed by atoms with Crippen molar-refractivity contribution in [3.63, 3.8) is 0 Å². The summed E-state index contributed by atoms with van der Waals surface area (Å²) in [6.07, 6.45) is 3.03. The van der Waals surface area contributed by atoms with E-state index in [0.717, 1.165) is 22.4 Å². The minimum atomic E-state index is -0.978. The predicted molar refractivity (Wildman–Crippen MR) is 110 cm³/mol. The predicted octanol–water partition coefficient (Wildman–Crippen LogP) is 2.96. The molecule has 0 saturated carbocycles. The van der Waals surface area contributed by atoms with E-state index in [2.05, 4.69) is 10.4 Å². The van der Waals surface area contributed by atoms with Crippen LogP contribution in [0.25, 0.3) is 11.1 Å². The number of rotatable bonds is 5. The Bertz CT molecular complexity index is 968. The molecule has 0 saturated heterocycles. The smallest absolute Gasteiger partial charge is 0.407 e. The van der Waals surface area contributed by atoms with Crippen molar-refractivity contribution in [3.8, 4) is 11.1 Å². The van der Waals surface area contributed by atoms with Gasteiger partial charge in [-0.25, -0.2) is 4.79 Å². The number of carboxylic acids is 1. The highest BCUT2D eigenvalue weighted by Crippen LogP contribution is 2.39. The van der Waals surface area contributed by atoms with E-state index in [0.29, 0.717) is 6.42 Å². The van der Waals surface area contributed by atoms with Crippen molar-refractivity contribution < 1.29 is 24.2 Å². The standard InChI is InChI=1S/C21H26N4O5/c1-12(2)30-21(29)23-18-7-13(3)25(14(4)26)19-6-5-15(8-17(18)19)16-9-22-24(10-16)11-20(27)28/h5-6,8-10,12-13,18H,7,11H2,1-4H3,(H,23,29)(H,27,28)/t13-,18+/m1/s1. The van der Waals surface area contributed by atoms with Gasteiger partial charge in [0.05, 0.1) is 18.3 Å². The number of nitrogens with one attached hydrogen (secondary N) is 1. The third-order valence-corrected chi connectivity index (χ3v) is 4.92. The fraction of sp³-hybridized carbons (Fsp3) is 0.429. The molecule has 1 aromatic heterocycles. The van der Waals surface area contributed by atoms with Crippen molar-refractivity contribution in [3.05, 3.63) is 36.2 Å². The Morgan fingerprint density at radius 3 is 2.67 bits per heavy atom. The molecule has 0 bridgehead atoms. The second-order valence-corrected chi connectivity index (χ2v) is 7.72. The highest BCUT2D eigenvalue weighted by atomic mass is 16.6. The van der Waals surface area contributed by atoms with Crippen molar-refractivity contribution in [2.45, 2.75) is 58.8 Å². The average molecular weight is 414 g/mol. The van der Waals surface area contributed by atoms with Crippen molar-refractivity contribution in [2.75, 3.05) is 4.90 Å². The minimum Gasteiger partial charge on any atom is -0.480 e. The number of nitrogens with zero attached hydrogens (tertiary/aromatic N) is 3. The highest BCUT2D eigenvalue weighted by molar-refractivity contribution is 5.94. The van der Waals surface area contributed by atoms with E-state index in [-0.39, 0.29) is 30.6 Å². The Balaban J connectivity index is 1.98. The molecule has 1 aliphatic heterocycles. The van der Waals surface area contributed by atoms with Crippen LogP contribution in [0.1, 0.15) is 45.7 Å². The number of hydrogen-bond acceptors (Lipinski definition) is 5. The van der Waals surface area contributed by atoms with Crippen LogP contribution >= 0.6 is 0 Å². The van der Waals surface area contributed by atoms with Gasteiger partial charge in [-0.1, -0.05) is 6.07 Å². The number of alkyl carbamates (subject to hydrolysis) is 1. The Morgan fingerprint density at radius 2 is 2.03 bits per heavy atom. The minimum absolute atomic E-state index is 0.0750. The van der Waals surface area contributed by atoms with E-state index in [1.807, 2.05) is 25.1 Å². The molecule has 2 atom stereocenters. The molecule has 0 radical (unpaired) electrons. The van der Waals surface area contributed by atoms with Crippen molar-refractivity contribution >= 4 is 23.7 Å². The molecule has 2 aromatic rings. The quantitative estimate of drug-likeness (QED) is 0.778. The number of hydrogen-bond donors (Lipinski definition) is 2. The van der Waals surface area contributed by atoms with Crippen LogP contribution in [0.3, 0.4) is 0 Å². The number of aromatic nitrogens is 2. The Kier molecular flexibility index (Phi) is 6.09. The maximum Gasteiger partial charge on any atom is 0.407 e. The summed E-state index contributed by atoms with van der Waals surface area (Å²) in [5, 5.41) is 15.9. The van der Waals surface area contributed by atoms with Crippen LogP contribution < -0.4 is 10.2 Å². The number of carbonyl (C=O) groups is 3. The van der Waals surface area contributed by atoms with E-state index in [1.165, 1.54) is 11.6 Å². The maximum absolute atomic E-state index is 12.3. The van der Waals surface area contributed by atoms with Crippen LogP contribution in [0.15, 0.2) is 30.6 Å². The lowest BCUT2D eigenvalue weighted by Gasteiger charge is -2.39. The van der Waals surface area contributed by atoms with Gasteiger partial charge in [0, 0.05) is 30.4 Å². The number of aliphatic carboxylic acids is 1. The zero-order valence-electron chi connectivity index (χ0n) is 17.5. The third kappa shape index (κ3) is 4.61. The van der Waals surface area contributed by atoms with E-state index in [9.17, 15) is 14.4 Å². The van der Waals surface area contributed by atoms with E-state index in [1.54, 1.807) is 31.1 Å². The van der Waals surface area contributed by atoms with Gasteiger partial charge < -0.3 is 20.1 Å². The fourth-order valence-corrected chi connectivity index (χ4v) is 3.79. The first-order valence-electron chi connectivity index (χ1n) is 9.81. The average Bonchev–Trinajstić information content (AvgIpc) is 3.08. The number of carboxylic acid groups (broad SMARTS) is 1. The van der Waals surface area contributed by atoms with Crippen molar-refractivity contribution in [1.82, 2.24) is 15.1 Å². The highest BCUT2D eigenvalue weighted by Gasteiger charge is 2.33. The molecule has 9 nitrogen and oxygen atoms in total. The van der Waals surface area contributed by atoms with Gasteiger partial charge in [0.2, 0.25) is 5.91 Å². The summed E-state index contributed by atoms with van der Waals surface area (Å²) >= 11 is 0. The van der Waals surface area contributed by atoms with Crippen molar-refractivity contribution in [2.24, 2.45) is 0 Å². The molecule has 30 heavy (non-hydrogen) atoms. The topological polar surface area (TPSA) is 114 Å². The molecule has 2 N–H and O–H groups in total. The second kappa shape index (κ2) is 8.56. The molecule has 0 fully saturated rings. The molecule has 1 aliphatic rings. The van der Waals surface area contributed by atoms with Crippen LogP contribution in [-0.4, -0.2) is 45.0 Å². The van der Waals surface area contributed by atoms with Crippen LogP contribution in [0.5, 0.6) is 0 Å². The van der Waals surface area contributed by atoms with Gasteiger partial charge in [-0.15, -0.1) is 0 Å². The van der Waals surface area contributed by atoms with E-state index < -0.39 is 12.1 Å². The molecule has 0 aliphatic carbocycles. The fourth-order valence-electron chi connectivity index (χ4n) is 3.79. The summed E-state index contributed by atoms with van der Waals surface area (Å²) in [7, 11) is 0. The van der Waals surface area contributed by atoms with E-state index in [4.69, 9.17) is 9.84 Å². The number of amides is 2. The SMILES string of the molecule is CC(=O)N1c2ccc(-c3cnn(CC(=O)O)c3)cc2[C@@H](NC(=O)OC(C)C)C[C@H]1C. The first kappa shape index (κ1) is 21.4. The summed E-state index contributed by atoms with van der Waals surface area (Å²) in [4.78, 5) is 37.1. The van der Waals surface area contributed by atoms with Crippen LogP contribution in [0.2, 0.25) is 0 Å². The van der Waals surface area contributed by atoms with Crippen LogP contribution in [0, 0.1) is 0 Å². The lowest BCUT2D eigenvalue weighted by atomic mass is 9.89. The Hall–Kier alpha value is -3.36. The van der Waals surface area contributed by atoms with Crippen LogP contribution in [-0.2, 0) is 20.9 Å². The number of ether oxygens (including phenoxy) is 1. The molecular weight excluding hydrogens is 388 g/mol. The summed E-state index contributed by atoms with van der Waals surface area (Å²) in [6, 6.07) is 5.19. The normalized spacial score (nSPS) is 18.1. The van der Waals surface area contributed by atoms with Crippen LogP contribution in [0.4, 0.5) is 10.5 Å². The van der Waals surface area contributed by atoms with Gasteiger partial charge in [-0.05, 0) is 50.5 Å². The lowest BCUT2D eigenvalue weighted by Crippen LogP contribution is -2.45. The molecule has 160 valence electrons. The monoisotopic (exact) mass is 414 g/mol. The number of anilines is 1. The Labute approximate surface area is 174 Å². The summed E-state index contributed by atoms with van der Waals surface area (Å²) in [6.45, 7) is 6.79. The number of benzene rings is 1. The van der Waals surface area contributed by atoms with E-state index >= 15 is 0 Å². The zero-order chi connectivity index (χ0) is 22.0. The zero-order valence-corrected chi connectivity index (χ0v) is 17.5. The third-order valence-electron chi connectivity index (χ3n) is 4.92. The first-order valence-corrected chi connectivity index (χ1v) is 9.81. The summed E-state index contributed by atoms with van der Waals surface area (Å²) in [5.74, 6) is -1.05. The molecule has 9 heteroatoms. The first-order chi connectivity index (χ1) is 14.2. The molecular formula is C21H26N4O5. The molecule has 0 unspecified atom stereocenters. The Morgan fingerprint density at radius 1 is 1.30 bits per heavy atom. The lowest BCUT2D eigenvalue weighted by molar-refractivity contribution is -0.137. The van der Waals surface area contributed by atoms with Gasteiger partial charge in [0.15, 0.2) is 0 Å².